The Balaban J connectivity index is 1.82. The Bertz CT molecular complexity index is 607. The van der Waals surface area contributed by atoms with E-state index >= 15 is 0 Å². The second kappa shape index (κ2) is 4.62. The fourth-order valence-corrected chi connectivity index (χ4v) is 3.37. The Labute approximate surface area is 119 Å². The first-order chi connectivity index (χ1) is 9.84. The molecule has 0 radical (unpaired) electrons. The minimum absolute atomic E-state index is 0.587. The molecule has 0 bridgehead atoms. The lowest BCUT2D eigenvalue weighted by molar-refractivity contribution is 0.596. The van der Waals surface area contributed by atoms with Crippen LogP contribution in [-0.2, 0) is 0 Å². The first-order valence-electron chi connectivity index (χ1n) is 7.62. The van der Waals surface area contributed by atoms with Crippen molar-refractivity contribution in [2.24, 2.45) is 0 Å². The van der Waals surface area contributed by atoms with E-state index in [0.717, 1.165) is 17.1 Å². The van der Waals surface area contributed by atoms with Crippen molar-refractivity contribution in [1.82, 2.24) is 14.5 Å². The molecule has 0 amide bonds. The zero-order valence-electron chi connectivity index (χ0n) is 11.6. The second-order valence-corrected chi connectivity index (χ2v) is 6.03. The number of nitrogen functional groups attached to an aromatic ring is 1. The molecule has 2 saturated carbocycles. The van der Waals surface area contributed by atoms with Gasteiger partial charge < -0.3 is 10.3 Å². The number of aromatic nitrogens is 3. The van der Waals surface area contributed by atoms with Crippen LogP contribution >= 0.6 is 0 Å². The van der Waals surface area contributed by atoms with Gasteiger partial charge in [0.05, 0.1) is 0 Å². The highest BCUT2D eigenvalue weighted by atomic mass is 15.2. The summed E-state index contributed by atoms with van der Waals surface area (Å²) in [6.45, 7) is 0. The van der Waals surface area contributed by atoms with Gasteiger partial charge in [0.1, 0.15) is 17.3 Å². The number of hydrogen-bond donors (Lipinski definition) is 1. The summed E-state index contributed by atoms with van der Waals surface area (Å²) in [7, 11) is 0. The highest BCUT2D eigenvalue weighted by Gasteiger charge is 2.33. The Morgan fingerprint density at radius 2 is 1.95 bits per heavy atom. The maximum Gasteiger partial charge on any atom is 0.132 e. The SMILES string of the molecule is Nc1c(-c2cccnc2)nc(C2CCCC2)n1C1CC1. The molecular formula is C16H20N4. The van der Waals surface area contributed by atoms with Crippen molar-refractivity contribution in [3.05, 3.63) is 30.4 Å². The summed E-state index contributed by atoms with van der Waals surface area (Å²) in [6, 6.07) is 4.57. The quantitative estimate of drug-likeness (QED) is 0.926. The highest BCUT2D eigenvalue weighted by molar-refractivity contribution is 5.70. The molecule has 2 aromatic heterocycles. The number of nitrogens with zero attached hydrogens (tertiary/aromatic N) is 3. The molecule has 0 unspecified atom stereocenters. The van der Waals surface area contributed by atoms with E-state index in [1.54, 1.807) is 6.20 Å². The number of imidazole rings is 1. The first kappa shape index (κ1) is 11.9. The van der Waals surface area contributed by atoms with Crippen LogP contribution in [0.1, 0.15) is 56.3 Å². The van der Waals surface area contributed by atoms with Crippen LogP contribution in [0.25, 0.3) is 11.3 Å². The first-order valence-corrected chi connectivity index (χ1v) is 7.62. The predicted molar refractivity (Wildman–Crippen MR) is 79.4 cm³/mol. The Morgan fingerprint density at radius 3 is 2.60 bits per heavy atom. The van der Waals surface area contributed by atoms with Crippen molar-refractivity contribution < 1.29 is 0 Å². The standard InChI is InChI=1S/C16H20N4/c17-15-14(12-6-3-9-18-10-12)19-16(11-4-1-2-5-11)20(15)13-7-8-13/h3,6,9-11,13H,1-2,4-5,7-8,17H2. The third kappa shape index (κ3) is 1.90. The molecule has 2 fully saturated rings. The molecule has 0 aliphatic heterocycles. The van der Waals surface area contributed by atoms with Crippen molar-refractivity contribution in [2.45, 2.75) is 50.5 Å². The van der Waals surface area contributed by atoms with Gasteiger partial charge in [-0.1, -0.05) is 12.8 Å². The van der Waals surface area contributed by atoms with Gasteiger partial charge in [-0.05, 0) is 37.8 Å². The summed E-state index contributed by atoms with van der Waals surface area (Å²) in [5, 5.41) is 0. The minimum Gasteiger partial charge on any atom is -0.383 e. The molecule has 2 aliphatic carbocycles. The summed E-state index contributed by atoms with van der Waals surface area (Å²) in [6.07, 6.45) is 11.3. The van der Waals surface area contributed by atoms with Gasteiger partial charge in [-0.15, -0.1) is 0 Å². The summed E-state index contributed by atoms with van der Waals surface area (Å²) >= 11 is 0. The van der Waals surface area contributed by atoms with Crippen LogP contribution in [0.3, 0.4) is 0 Å². The minimum atomic E-state index is 0.587. The zero-order valence-corrected chi connectivity index (χ0v) is 11.6. The molecular weight excluding hydrogens is 248 g/mol. The van der Waals surface area contributed by atoms with E-state index in [2.05, 4.69) is 9.55 Å². The molecule has 2 heterocycles. The smallest absolute Gasteiger partial charge is 0.132 e. The van der Waals surface area contributed by atoms with E-state index in [1.807, 2.05) is 18.3 Å². The van der Waals surface area contributed by atoms with Crippen molar-refractivity contribution >= 4 is 5.82 Å². The molecule has 2 N–H and O–H groups in total. The Morgan fingerprint density at radius 1 is 1.15 bits per heavy atom. The Hall–Kier alpha value is -1.84. The number of nitrogens with two attached hydrogens (primary N) is 1. The lowest BCUT2D eigenvalue weighted by Gasteiger charge is -2.12. The molecule has 0 spiro atoms. The lowest BCUT2D eigenvalue weighted by atomic mass is 10.1. The molecule has 0 saturated heterocycles. The van der Waals surface area contributed by atoms with Crippen LogP contribution in [0, 0.1) is 0 Å². The van der Waals surface area contributed by atoms with Gasteiger partial charge in [0.25, 0.3) is 0 Å². The molecule has 4 nitrogen and oxygen atoms in total. The summed E-state index contributed by atoms with van der Waals surface area (Å²) < 4.78 is 2.32. The van der Waals surface area contributed by atoms with E-state index in [9.17, 15) is 0 Å². The van der Waals surface area contributed by atoms with Crippen LogP contribution in [0.4, 0.5) is 5.82 Å². The highest BCUT2D eigenvalue weighted by Crippen LogP contribution is 2.45. The zero-order chi connectivity index (χ0) is 13.5. The predicted octanol–water partition coefficient (Wildman–Crippen LogP) is 3.52. The van der Waals surface area contributed by atoms with Gasteiger partial charge in [-0.25, -0.2) is 4.98 Å². The van der Waals surface area contributed by atoms with Crippen LogP contribution in [0.15, 0.2) is 24.5 Å². The summed E-state index contributed by atoms with van der Waals surface area (Å²) in [5.74, 6) is 2.66. The van der Waals surface area contributed by atoms with Gasteiger partial charge in [0.15, 0.2) is 0 Å². The fourth-order valence-electron chi connectivity index (χ4n) is 3.37. The van der Waals surface area contributed by atoms with Crippen LogP contribution in [0.2, 0.25) is 0 Å². The molecule has 0 atom stereocenters. The third-order valence-electron chi connectivity index (χ3n) is 4.54. The third-order valence-corrected chi connectivity index (χ3v) is 4.54. The molecule has 4 heteroatoms. The van der Waals surface area contributed by atoms with Crippen LogP contribution < -0.4 is 5.73 Å². The second-order valence-electron chi connectivity index (χ2n) is 6.03. The van der Waals surface area contributed by atoms with Gasteiger partial charge in [0.2, 0.25) is 0 Å². The molecule has 20 heavy (non-hydrogen) atoms. The topological polar surface area (TPSA) is 56.7 Å². The molecule has 2 aromatic rings. The maximum atomic E-state index is 6.42. The van der Waals surface area contributed by atoms with Gasteiger partial charge in [0, 0.05) is 29.9 Å². The molecule has 4 rings (SSSR count). The van der Waals surface area contributed by atoms with Crippen molar-refractivity contribution in [3.8, 4) is 11.3 Å². The fraction of sp³-hybridized carbons (Fsp3) is 0.500. The largest absolute Gasteiger partial charge is 0.383 e. The molecule has 104 valence electrons. The molecule has 2 aliphatic rings. The lowest BCUT2D eigenvalue weighted by Crippen LogP contribution is -2.08. The molecule has 0 aromatic carbocycles. The van der Waals surface area contributed by atoms with Crippen molar-refractivity contribution in [3.63, 3.8) is 0 Å². The number of pyridine rings is 1. The van der Waals surface area contributed by atoms with Gasteiger partial charge in [-0.3, -0.25) is 4.98 Å². The Kier molecular flexibility index (Phi) is 2.76. The summed E-state index contributed by atoms with van der Waals surface area (Å²) in [5.41, 5.74) is 8.37. The summed E-state index contributed by atoms with van der Waals surface area (Å²) in [4.78, 5) is 9.12. The van der Waals surface area contributed by atoms with Gasteiger partial charge in [-0.2, -0.15) is 0 Å². The average molecular weight is 268 g/mol. The van der Waals surface area contributed by atoms with E-state index in [-0.39, 0.29) is 0 Å². The normalized spacial score (nSPS) is 19.6. The van der Waals surface area contributed by atoms with Crippen LogP contribution in [0.5, 0.6) is 0 Å². The van der Waals surface area contributed by atoms with E-state index in [1.165, 1.54) is 44.3 Å². The maximum absolute atomic E-state index is 6.42. The van der Waals surface area contributed by atoms with Crippen LogP contribution in [-0.4, -0.2) is 14.5 Å². The van der Waals surface area contributed by atoms with Crippen molar-refractivity contribution in [1.29, 1.82) is 0 Å². The van der Waals surface area contributed by atoms with E-state index in [4.69, 9.17) is 10.7 Å². The van der Waals surface area contributed by atoms with E-state index < -0.39 is 0 Å². The number of anilines is 1. The average Bonchev–Trinajstić information content (AvgIpc) is 3.04. The number of rotatable bonds is 3. The van der Waals surface area contributed by atoms with Gasteiger partial charge >= 0.3 is 0 Å². The van der Waals surface area contributed by atoms with E-state index in [0.29, 0.717) is 12.0 Å². The number of hydrogen-bond acceptors (Lipinski definition) is 3. The van der Waals surface area contributed by atoms with Crippen molar-refractivity contribution in [2.75, 3.05) is 5.73 Å². The monoisotopic (exact) mass is 268 g/mol.